The number of piperidine rings is 1. The highest BCUT2D eigenvalue weighted by molar-refractivity contribution is 5.33. The zero-order valence-corrected chi connectivity index (χ0v) is 11.3. The van der Waals surface area contributed by atoms with Crippen LogP contribution in [-0.2, 0) is 6.54 Å². The molecular weight excluding hydrogens is 257 g/mol. The third kappa shape index (κ3) is 2.38. The van der Waals surface area contributed by atoms with E-state index in [4.69, 9.17) is 5.73 Å². The van der Waals surface area contributed by atoms with Gasteiger partial charge in [0.2, 0.25) is 5.95 Å². The Balaban J connectivity index is 1.96. The van der Waals surface area contributed by atoms with Crippen LogP contribution in [0.2, 0.25) is 0 Å². The fourth-order valence-electron chi connectivity index (χ4n) is 2.99. The van der Waals surface area contributed by atoms with Gasteiger partial charge < -0.3 is 5.73 Å². The van der Waals surface area contributed by atoms with Gasteiger partial charge in [0.25, 0.3) is 0 Å². The molecule has 3 N–H and O–H groups in total. The number of nitrogens with two attached hydrogens (primary N) is 1. The number of aromatic nitrogens is 3. The summed E-state index contributed by atoms with van der Waals surface area (Å²) in [6, 6.07) is 6.92. The third-order valence-electron chi connectivity index (χ3n) is 4.04. The maximum Gasteiger partial charge on any atom is 0.326 e. The van der Waals surface area contributed by atoms with Crippen LogP contribution < -0.4 is 10.2 Å². The number of rotatable bonds is 3. The SMILES string of the molecule is Nc1n[nH]c([N+]2(Cc3ccccc3F)CCCCC2)n1. The molecule has 6 heteroatoms. The van der Waals surface area contributed by atoms with Crippen molar-refractivity contribution in [3.05, 3.63) is 35.6 Å². The van der Waals surface area contributed by atoms with Gasteiger partial charge >= 0.3 is 5.95 Å². The average molecular weight is 276 g/mol. The Hall–Kier alpha value is -1.95. The minimum atomic E-state index is -0.164. The summed E-state index contributed by atoms with van der Waals surface area (Å²) in [7, 11) is 0. The predicted octanol–water partition coefficient (Wildman–Crippen LogP) is 2.22. The molecule has 5 nitrogen and oxygen atoms in total. The van der Waals surface area contributed by atoms with Crippen LogP contribution in [0.5, 0.6) is 0 Å². The van der Waals surface area contributed by atoms with Gasteiger partial charge in [-0.05, 0) is 25.3 Å². The van der Waals surface area contributed by atoms with Gasteiger partial charge in [0, 0.05) is 5.56 Å². The summed E-state index contributed by atoms with van der Waals surface area (Å²) in [5, 5.41) is 6.85. The number of halogens is 1. The Kier molecular flexibility index (Phi) is 3.40. The molecule has 1 aliphatic heterocycles. The van der Waals surface area contributed by atoms with Crippen molar-refractivity contribution in [2.45, 2.75) is 25.8 Å². The van der Waals surface area contributed by atoms with Crippen molar-refractivity contribution in [2.75, 3.05) is 18.8 Å². The molecule has 2 heterocycles. The van der Waals surface area contributed by atoms with Crippen LogP contribution in [0.3, 0.4) is 0 Å². The Labute approximate surface area is 117 Å². The van der Waals surface area contributed by atoms with E-state index < -0.39 is 0 Å². The van der Waals surface area contributed by atoms with Gasteiger partial charge in [-0.15, -0.1) is 10.1 Å². The lowest BCUT2D eigenvalue weighted by molar-refractivity contribution is 0.207. The second kappa shape index (κ2) is 5.20. The average Bonchev–Trinajstić information content (AvgIpc) is 2.90. The highest BCUT2D eigenvalue weighted by Gasteiger charge is 2.36. The van der Waals surface area contributed by atoms with Gasteiger partial charge in [0.15, 0.2) is 0 Å². The third-order valence-corrected chi connectivity index (χ3v) is 4.04. The van der Waals surface area contributed by atoms with E-state index in [2.05, 4.69) is 15.2 Å². The van der Waals surface area contributed by atoms with Crippen molar-refractivity contribution >= 4 is 11.9 Å². The van der Waals surface area contributed by atoms with Crippen LogP contribution in [0.1, 0.15) is 24.8 Å². The molecule has 3 rings (SSSR count). The number of quaternary nitrogens is 1. The van der Waals surface area contributed by atoms with Gasteiger partial charge in [-0.25, -0.2) is 9.49 Å². The summed E-state index contributed by atoms with van der Waals surface area (Å²) < 4.78 is 14.6. The Morgan fingerprint density at radius 2 is 1.95 bits per heavy atom. The maximum absolute atomic E-state index is 14.0. The molecule has 0 saturated carbocycles. The molecule has 0 bridgehead atoms. The standard InChI is InChI=1S/C14H19FN5/c15-12-7-3-2-6-11(12)10-20(8-4-1-5-9-20)14-17-13(16)18-19-14/h2-3,6-7H,1,4-5,8-10H2,(H3,16,17,18,19)/q+1. The first-order valence-corrected chi connectivity index (χ1v) is 6.98. The molecule has 1 saturated heterocycles. The number of benzene rings is 1. The second-order valence-corrected chi connectivity index (χ2v) is 5.42. The molecule has 1 aromatic carbocycles. The number of anilines is 1. The number of hydrogen-bond donors (Lipinski definition) is 2. The Morgan fingerprint density at radius 3 is 2.60 bits per heavy atom. The summed E-state index contributed by atoms with van der Waals surface area (Å²) in [6.07, 6.45) is 3.42. The molecule has 0 spiro atoms. The van der Waals surface area contributed by atoms with E-state index in [-0.39, 0.29) is 11.8 Å². The summed E-state index contributed by atoms with van der Waals surface area (Å²) in [4.78, 5) is 4.29. The first-order valence-electron chi connectivity index (χ1n) is 6.98. The molecule has 20 heavy (non-hydrogen) atoms. The van der Waals surface area contributed by atoms with Gasteiger partial charge in [-0.2, -0.15) is 0 Å². The van der Waals surface area contributed by atoms with Gasteiger partial charge in [0.1, 0.15) is 12.4 Å². The van der Waals surface area contributed by atoms with Crippen LogP contribution in [0.25, 0.3) is 0 Å². The van der Waals surface area contributed by atoms with Crippen LogP contribution >= 0.6 is 0 Å². The second-order valence-electron chi connectivity index (χ2n) is 5.42. The number of nitrogens with one attached hydrogen (secondary N) is 1. The van der Waals surface area contributed by atoms with Gasteiger partial charge in [-0.3, -0.25) is 4.48 Å². The maximum atomic E-state index is 14.0. The molecule has 0 amide bonds. The van der Waals surface area contributed by atoms with E-state index in [1.165, 1.54) is 12.5 Å². The van der Waals surface area contributed by atoms with E-state index in [0.29, 0.717) is 16.6 Å². The van der Waals surface area contributed by atoms with E-state index in [1.807, 2.05) is 12.1 Å². The number of aromatic amines is 1. The molecule has 1 aromatic heterocycles. The van der Waals surface area contributed by atoms with Crippen LogP contribution in [0.15, 0.2) is 24.3 Å². The quantitative estimate of drug-likeness (QED) is 0.845. The number of H-pyrrole nitrogens is 1. The molecule has 1 aliphatic rings. The lowest BCUT2D eigenvalue weighted by Gasteiger charge is -2.38. The summed E-state index contributed by atoms with van der Waals surface area (Å²) in [5.74, 6) is 0.824. The van der Waals surface area contributed by atoms with Crippen molar-refractivity contribution < 1.29 is 4.39 Å². The smallest absolute Gasteiger partial charge is 0.326 e. The normalized spacial score (nSPS) is 18.1. The first-order chi connectivity index (χ1) is 9.70. The van der Waals surface area contributed by atoms with Crippen molar-refractivity contribution in [3.63, 3.8) is 0 Å². The topological polar surface area (TPSA) is 67.6 Å². The highest BCUT2D eigenvalue weighted by atomic mass is 19.1. The minimum absolute atomic E-state index is 0.164. The number of nitrogens with zero attached hydrogens (tertiary/aromatic N) is 3. The van der Waals surface area contributed by atoms with Crippen LogP contribution in [-0.4, -0.2) is 28.3 Å². The van der Waals surface area contributed by atoms with Crippen molar-refractivity contribution in [2.24, 2.45) is 0 Å². The molecule has 0 atom stereocenters. The predicted molar refractivity (Wildman–Crippen MR) is 76.3 cm³/mol. The Morgan fingerprint density at radius 1 is 1.20 bits per heavy atom. The zero-order chi connectivity index (χ0) is 14.0. The van der Waals surface area contributed by atoms with Crippen molar-refractivity contribution in [3.8, 4) is 0 Å². The fraction of sp³-hybridized carbons (Fsp3) is 0.429. The molecule has 1 fully saturated rings. The Bertz CT molecular complexity index is 589. The monoisotopic (exact) mass is 276 g/mol. The molecule has 2 aromatic rings. The van der Waals surface area contributed by atoms with Crippen LogP contribution in [0.4, 0.5) is 16.3 Å². The zero-order valence-electron chi connectivity index (χ0n) is 11.3. The summed E-state index contributed by atoms with van der Waals surface area (Å²) in [5.41, 5.74) is 6.34. The van der Waals surface area contributed by atoms with Crippen LogP contribution in [0, 0.1) is 5.82 Å². The van der Waals surface area contributed by atoms with Crippen molar-refractivity contribution in [1.29, 1.82) is 0 Å². The molecule has 0 unspecified atom stereocenters. The lowest BCUT2D eigenvalue weighted by atomic mass is 10.1. The first kappa shape index (κ1) is 13.1. The van der Waals surface area contributed by atoms with E-state index in [0.717, 1.165) is 31.9 Å². The lowest BCUT2D eigenvalue weighted by Crippen LogP contribution is -2.53. The molecule has 0 aliphatic carbocycles. The van der Waals surface area contributed by atoms with Gasteiger partial charge in [0.05, 0.1) is 13.1 Å². The number of likely N-dealkylation sites (tertiary alicyclic amines) is 1. The highest BCUT2D eigenvalue weighted by Crippen LogP contribution is 2.29. The van der Waals surface area contributed by atoms with E-state index in [9.17, 15) is 4.39 Å². The van der Waals surface area contributed by atoms with E-state index >= 15 is 0 Å². The van der Waals surface area contributed by atoms with E-state index in [1.54, 1.807) is 6.07 Å². The fourth-order valence-corrected chi connectivity index (χ4v) is 2.99. The molecule has 106 valence electrons. The number of hydrogen-bond acceptors (Lipinski definition) is 3. The summed E-state index contributed by atoms with van der Waals surface area (Å²) >= 11 is 0. The van der Waals surface area contributed by atoms with Crippen molar-refractivity contribution in [1.82, 2.24) is 19.7 Å². The van der Waals surface area contributed by atoms with Gasteiger partial charge in [-0.1, -0.05) is 18.2 Å². The summed E-state index contributed by atoms with van der Waals surface area (Å²) in [6.45, 7) is 2.45. The number of nitrogen functional groups attached to an aromatic ring is 1. The largest absolute Gasteiger partial charge is 0.366 e. The minimum Gasteiger partial charge on any atom is -0.366 e. The molecular formula is C14H19FN5+. The molecule has 0 radical (unpaired) electrons.